The van der Waals surface area contributed by atoms with Gasteiger partial charge in [0.2, 0.25) is 15.9 Å². The van der Waals surface area contributed by atoms with Crippen molar-refractivity contribution in [1.29, 1.82) is 0 Å². The lowest BCUT2D eigenvalue weighted by Crippen LogP contribution is -2.35. The number of anilines is 1. The lowest BCUT2D eigenvalue weighted by molar-refractivity contribution is -0.118. The number of amides is 2. The highest BCUT2D eigenvalue weighted by Crippen LogP contribution is 2.30. The molecule has 3 N–H and O–H groups in total. The Hall–Kier alpha value is -3.11. The zero-order chi connectivity index (χ0) is 23.8. The maximum Gasteiger partial charge on any atom is 0.262 e. The van der Waals surface area contributed by atoms with E-state index in [1.165, 1.54) is 16.4 Å². The number of benzene rings is 2. The molecule has 10 heteroatoms. The van der Waals surface area contributed by atoms with Gasteiger partial charge in [-0.25, -0.2) is 8.42 Å². The number of piperidine rings is 1. The van der Waals surface area contributed by atoms with Gasteiger partial charge in [0.1, 0.15) is 11.5 Å². The van der Waals surface area contributed by atoms with Gasteiger partial charge in [-0.1, -0.05) is 18.6 Å². The van der Waals surface area contributed by atoms with Gasteiger partial charge in [-0.3, -0.25) is 9.59 Å². The second-order valence-electron chi connectivity index (χ2n) is 7.68. The lowest BCUT2D eigenvalue weighted by atomic mass is 10.1. The van der Waals surface area contributed by atoms with Crippen LogP contribution in [0.4, 0.5) is 5.69 Å². The Morgan fingerprint density at radius 1 is 1.03 bits per heavy atom. The van der Waals surface area contributed by atoms with Gasteiger partial charge in [-0.05, 0) is 55.7 Å². The summed E-state index contributed by atoms with van der Waals surface area (Å²) in [6, 6.07) is 11.1. The topological polar surface area (TPSA) is 128 Å². The van der Waals surface area contributed by atoms with E-state index in [9.17, 15) is 18.0 Å². The zero-order valence-corrected chi connectivity index (χ0v) is 19.4. The van der Waals surface area contributed by atoms with Gasteiger partial charge < -0.3 is 20.5 Å². The molecular weight excluding hydrogens is 446 g/mol. The van der Waals surface area contributed by atoms with E-state index >= 15 is 0 Å². The van der Waals surface area contributed by atoms with Crippen LogP contribution in [0.25, 0.3) is 0 Å². The monoisotopic (exact) mass is 475 g/mol. The number of rotatable bonds is 10. The number of nitrogens with two attached hydrogens (primary N) is 1. The first-order valence-electron chi connectivity index (χ1n) is 10.9. The summed E-state index contributed by atoms with van der Waals surface area (Å²) >= 11 is 0. The van der Waals surface area contributed by atoms with E-state index in [0.29, 0.717) is 31.2 Å². The Morgan fingerprint density at radius 3 is 2.36 bits per heavy atom. The summed E-state index contributed by atoms with van der Waals surface area (Å²) in [7, 11) is -3.66. The van der Waals surface area contributed by atoms with Crippen LogP contribution in [0.5, 0.6) is 11.5 Å². The van der Waals surface area contributed by atoms with Crippen molar-refractivity contribution in [3.05, 3.63) is 48.0 Å². The minimum Gasteiger partial charge on any atom is -0.492 e. The van der Waals surface area contributed by atoms with Crippen LogP contribution in [-0.2, 0) is 26.0 Å². The molecule has 0 bridgehead atoms. The van der Waals surface area contributed by atoms with Crippen LogP contribution < -0.4 is 20.5 Å². The molecule has 2 amide bonds. The fourth-order valence-corrected chi connectivity index (χ4v) is 5.09. The van der Waals surface area contributed by atoms with E-state index in [2.05, 4.69) is 5.32 Å². The number of hydrogen-bond acceptors (Lipinski definition) is 6. The quantitative estimate of drug-likeness (QED) is 0.543. The maximum atomic E-state index is 13.0. The fraction of sp³-hybridized carbons (Fsp3) is 0.391. The second kappa shape index (κ2) is 11.2. The molecule has 2 aromatic rings. The molecule has 3 rings (SSSR count). The van der Waals surface area contributed by atoms with Crippen LogP contribution in [0.15, 0.2) is 47.4 Å². The van der Waals surface area contributed by atoms with Crippen molar-refractivity contribution >= 4 is 27.5 Å². The van der Waals surface area contributed by atoms with Crippen molar-refractivity contribution in [3.63, 3.8) is 0 Å². The second-order valence-corrected chi connectivity index (χ2v) is 9.62. The van der Waals surface area contributed by atoms with Crippen molar-refractivity contribution in [2.75, 3.05) is 31.6 Å². The Kier molecular flexibility index (Phi) is 8.29. The van der Waals surface area contributed by atoms with Crippen LogP contribution in [0.1, 0.15) is 31.7 Å². The molecule has 33 heavy (non-hydrogen) atoms. The summed E-state index contributed by atoms with van der Waals surface area (Å²) in [5.41, 5.74) is 6.18. The number of ether oxygens (including phenoxy) is 2. The van der Waals surface area contributed by atoms with E-state index in [0.717, 1.165) is 24.8 Å². The van der Waals surface area contributed by atoms with E-state index in [1.807, 2.05) is 0 Å². The summed E-state index contributed by atoms with van der Waals surface area (Å²) < 4.78 is 38.6. The number of hydrogen-bond donors (Lipinski definition) is 2. The number of sulfonamides is 1. The molecule has 0 unspecified atom stereocenters. The number of carbonyl (C=O) groups is 2. The van der Waals surface area contributed by atoms with Crippen LogP contribution in [0, 0.1) is 0 Å². The zero-order valence-electron chi connectivity index (χ0n) is 18.6. The van der Waals surface area contributed by atoms with Gasteiger partial charge in [0, 0.05) is 13.1 Å². The van der Waals surface area contributed by atoms with Gasteiger partial charge >= 0.3 is 0 Å². The van der Waals surface area contributed by atoms with Crippen molar-refractivity contribution < 1.29 is 27.5 Å². The third-order valence-electron chi connectivity index (χ3n) is 5.15. The SMILES string of the molecule is CCOc1ccc(S(=O)(=O)N2CCCCC2)cc1NC(=O)COc1ccc(CC(N)=O)cc1. The third-order valence-corrected chi connectivity index (χ3v) is 7.04. The Bertz CT molecular complexity index is 1080. The summed E-state index contributed by atoms with van der Waals surface area (Å²) in [5, 5.41) is 2.69. The van der Waals surface area contributed by atoms with Crippen molar-refractivity contribution in [2.24, 2.45) is 5.73 Å². The standard InChI is InChI=1S/C23H29N3O6S/c1-2-31-21-11-10-19(33(29,30)26-12-4-3-5-13-26)15-20(21)25-23(28)16-32-18-8-6-17(7-9-18)14-22(24)27/h6-11,15H,2-5,12-14,16H2,1H3,(H2,24,27)(H,25,28). The van der Waals surface area contributed by atoms with Crippen LogP contribution in [0.3, 0.4) is 0 Å². The molecule has 0 spiro atoms. The van der Waals surface area contributed by atoms with Crippen molar-refractivity contribution in [3.8, 4) is 11.5 Å². The average Bonchev–Trinajstić information content (AvgIpc) is 2.80. The molecule has 0 atom stereocenters. The predicted octanol–water partition coefficient (Wildman–Crippen LogP) is 2.31. The van der Waals surface area contributed by atoms with Gasteiger partial charge in [-0.2, -0.15) is 4.31 Å². The first kappa shape index (κ1) is 24.5. The molecule has 0 saturated carbocycles. The summed E-state index contributed by atoms with van der Waals surface area (Å²) in [5.74, 6) is -0.0774. The van der Waals surface area contributed by atoms with Crippen molar-refractivity contribution in [1.82, 2.24) is 4.31 Å². The Morgan fingerprint density at radius 2 is 1.73 bits per heavy atom. The third kappa shape index (κ3) is 6.69. The van der Waals surface area contributed by atoms with E-state index in [4.69, 9.17) is 15.2 Å². The smallest absolute Gasteiger partial charge is 0.262 e. The van der Waals surface area contributed by atoms with Crippen LogP contribution in [0.2, 0.25) is 0 Å². The molecule has 1 heterocycles. The number of carbonyl (C=O) groups excluding carboxylic acids is 2. The average molecular weight is 476 g/mol. The molecule has 1 aliphatic rings. The van der Waals surface area contributed by atoms with Gasteiger partial charge in [0.15, 0.2) is 6.61 Å². The predicted molar refractivity (Wildman–Crippen MR) is 124 cm³/mol. The summed E-state index contributed by atoms with van der Waals surface area (Å²) in [6.07, 6.45) is 2.81. The highest BCUT2D eigenvalue weighted by atomic mass is 32.2. The first-order valence-corrected chi connectivity index (χ1v) is 12.3. The highest BCUT2D eigenvalue weighted by Gasteiger charge is 2.27. The Balaban J connectivity index is 1.69. The molecule has 1 saturated heterocycles. The number of nitrogens with one attached hydrogen (secondary N) is 1. The van der Waals surface area contributed by atoms with Gasteiger partial charge in [-0.15, -0.1) is 0 Å². The summed E-state index contributed by atoms with van der Waals surface area (Å²) in [6.45, 7) is 2.85. The molecular formula is C23H29N3O6S. The normalized spacial score (nSPS) is 14.5. The van der Waals surface area contributed by atoms with Crippen molar-refractivity contribution in [2.45, 2.75) is 37.5 Å². The lowest BCUT2D eigenvalue weighted by Gasteiger charge is -2.26. The molecule has 0 aromatic heterocycles. The minimum absolute atomic E-state index is 0.106. The fourth-order valence-electron chi connectivity index (χ4n) is 3.54. The molecule has 0 aliphatic carbocycles. The molecule has 178 valence electrons. The van der Waals surface area contributed by atoms with Crippen LogP contribution >= 0.6 is 0 Å². The number of nitrogens with zero attached hydrogens (tertiary/aromatic N) is 1. The molecule has 0 radical (unpaired) electrons. The molecule has 1 aliphatic heterocycles. The summed E-state index contributed by atoms with van der Waals surface area (Å²) in [4.78, 5) is 23.6. The highest BCUT2D eigenvalue weighted by molar-refractivity contribution is 7.89. The van der Waals surface area contributed by atoms with Gasteiger partial charge in [0.05, 0.1) is 23.6 Å². The van der Waals surface area contributed by atoms with E-state index in [-0.39, 0.29) is 23.6 Å². The minimum atomic E-state index is -3.66. The first-order chi connectivity index (χ1) is 15.8. The maximum absolute atomic E-state index is 13.0. The molecule has 1 fully saturated rings. The van der Waals surface area contributed by atoms with Gasteiger partial charge in [0.25, 0.3) is 5.91 Å². The largest absolute Gasteiger partial charge is 0.492 e. The van der Waals surface area contributed by atoms with Crippen LogP contribution in [-0.4, -0.2) is 50.8 Å². The number of primary amides is 1. The molecule has 9 nitrogen and oxygen atoms in total. The van der Waals surface area contributed by atoms with E-state index in [1.54, 1.807) is 37.3 Å². The Labute approximate surface area is 193 Å². The van der Waals surface area contributed by atoms with E-state index < -0.39 is 21.8 Å². The molecule has 2 aromatic carbocycles.